The highest BCUT2D eigenvalue weighted by Crippen LogP contribution is 2.23. The molecule has 1 amide bonds. The van der Waals surface area contributed by atoms with Crippen LogP contribution < -0.4 is 5.32 Å². The minimum atomic E-state index is -2.51. The highest BCUT2D eigenvalue weighted by atomic mass is 19.3. The second kappa shape index (κ2) is 3.50. The van der Waals surface area contributed by atoms with Crippen molar-refractivity contribution in [3.63, 3.8) is 0 Å². The third kappa shape index (κ3) is 3.75. The smallest absolute Gasteiger partial charge is 0.407 e. The van der Waals surface area contributed by atoms with Crippen LogP contribution in [0.5, 0.6) is 0 Å². The minimum absolute atomic E-state index is 0.0346. The van der Waals surface area contributed by atoms with Gasteiger partial charge < -0.3 is 10.1 Å². The summed E-state index contributed by atoms with van der Waals surface area (Å²) in [6.45, 7) is -0.633. The van der Waals surface area contributed by atoms with Crippen LogP contribution in [0.3, 0.4) is 0 Å². The Bertz CT molecular complexity index is 148. The van der Waals surface area contributed by atoms with Crippen LogP contribution in [0.1, 0.15) is 12.8 Å². The molecule has 11 heavy (non-hydrogen) atoms. The quantitative estimate of drug-likeness (QED) is 0.681. The van der Waals surface area contributed by atoms with Crippen molar-refractivity contribution in [3.8, 4) is 0 Å². The van der Waals surface area contributed by atoms with Gasteiger partial charge in [-0.2, -0.15) is 0 Å². The van der Waals surface area contributed by atoms with E-state index < -0.39 is 19.1 Å². The molecule has 1 rings (SSSR count). The summed E-state index contributed by atoms with van der Waals surface area (Å²) in [5.74, 6) is 0. The number of carbonyl (C=O) groups excluding carboxylic acids is 1. The van der Waals surface area contributed by atoms with Crippen molar-refractivity contribution >= 4 is 6.09 Å². The molecule has 0 radical (unpaired) electrons. The molecule has 1 N–H and O–H groups in total. The third-order valence-corrected chi connectivity index (χ3v) is 1.20. The number of alkyl halides is 2. The van der Waals surface area contributed by atoms with Gasteiger partial charge in [-0.05, 0) is 12.8 Å². The number of rotatable bonds is 3. The van der Waals surface area contributed by atoms with Gasteiger partial charge in [0, 0.05) is 0 Å². The molecule has 0 aromatic rings. The molecule has 0 atom stereocenters. The first-order chi connectivity index (χ1) is 5.18. The van der Waals surface area contributed by atoms with E-state index >= 15 is 0 Å². The summed E-state index contributed by atoms with van der Waals surface area (Å²) in [5, 5.41) is 1.94. The Kier molecular flexibility index (Phi) is 2.62. The van der Waals surface area contributed by atoms with Gasteiger partial charge in [0.15, 0.2) is 0 Å². The molecule has 0 saturated heterocycles. The van der Waals surface area contributed by atoms with E-state index in [0.29, 0.717) is 0 Å². The highest BCUT2D eigenvalue weighted by molar-refractivity contribution is 5.67. The van der Waals surface area contributed by atoms with E-state index in [-0.39, 0.29) is 6.10 Å². The van der Waals surface area contributed by atoms with Crippen LogP contribution in [-0.2, 0) is 4.74 Å². The number of nitrogens with one attached hydrogen (secondary N) is 1. The zero-order valence-electron chi connectivity index (χ0n) is 5.85. The third-order valence-electron chi connectivity index (χ3n) is 1.20. The molecule has 0 aromatic carbocycles. The summed E-state index contributed by atoms with van der Waals surface area (Å²) in [6, 6.07) is 0. The number of hydrogen-bond acceptors (Lipinski definition) is 2. The topological polar surface area (TPSA) is 38.3 Å². The van der Waals surface area contributed by atoms with Gasteiger partial charge in [0.1, 0.15) is 6.10 Å². The molecular formula is C6H9F2NO2. The maximum Gasteiger partial charge on any atom is 0.407 e. The Morgan fingerprint density at radius 1 is 1.64 bits per heavy atom. The lowest BCUT2D eigenvalue weighted by atomic mass is 10.7. The number of halogens is 2. The van der Waals surface area contributed by atoms with Gasteiger partial charge in [0.05, 0.1) is 6.54 Å². The number of amides is 1. The van der Waals surface area contributed by atoms with E-state index in [2.05, 4.69) is 4.74 Å². The lowest BCUT2D eigenvalue weighted by molar-refractivity contribution is 0.116. The molecule has 64 valence electrons. The van der Waals surface area contributed by atoms with Crippen LogP contribution in [0.25, 0.3) is 0 Å². The van der Waals surface area contributed by atoms with Crippen LogP contribution in [0, 0.1) is 0 Å². The lowest BCUT2D eigenvalue weighted by Crippen LogP contribution is -2.29. The Labute approximate surface area is 62.7 Å². The monoisotopic (exact) mass is 165 g/mol. The molecule has 0 unspecified atom stereocenters. The van der Waals surface area contributed by atoms with Gasteiger partial charge in [0.25, 0.3) is 6.43 Å². The normalized spacial score (nSPS) is 16.6. The number of ether oxygens (including phenoxy) is 1. The van der Waals surface area contributed by atoms with Crippen LogP contribution in [0.2, 0.25) is 0 Å². The van der Waals surface area contributed by atoms with Crippen molar-refractivity contribution in [1.82, 2.24) is 5.32 Å². The number of carbonyl (C=O) groups is 1. The Morgan fingerprint density at radius 2 is 2.27 bits per heavy atom. The average Bonchev–Trinajstić information content (AvgIpc) is 2.67. The van der Waals surface area contributed by atoms with Crippen molar-refractivity contribution in [2.24, 2.45) is 0 Å². The minimum Gasteiger partial charge on any atom is -0.446 e. The van der Waals surface area contributed by atoms with Crippen molar-refractivity contribution in [2.75, 3.05) is 6.54 Å². The Balaban J connectivity index is 2.00. The SMILES string of the molecule is O=C(NCC(F)F)OC1CC1. The second-order valence-electron chi connectivity index (χ2n) is 2.38. The second-order valence-corrected chi connectivity index (χ2v) is 2.38. The predicted octanol–water partition coefficient (Wildman–Crippen LogP) is 1.14. The first-order valence-electron chi connectivity index (χ1n) is 3.41. The van der Waals surface area contributed by atoms with E-state index in [4.69, 9.17) is 0 Å². The molecule has 0 bridgehead atoms. The zero-order valence-corrected chi connectivity index (χ0v) is 5.85. The molecular weight excluding hydrogens is 156 g/mol. The van der Waals surface area contributed by atoms with Crippen LogP contribution in [0.4, 0.5) is 13.6 Å². The first kappa shape index (κ1) is 8.23. The lowest BCUT2D eigenvalue weighted by Gasteiger charge is -2.03. The average molecular weight is 165 g/mol. The van der Waals surface area contributed by atoms with Crippen LogP contribution >= 0.6 is 0 Å². The summed E-state index contributed by atoms with van der Waals surface area (Å²) in [7, 11) is 0. The van der Waals surface area contributed by atoms with Crippen LogP contribution in [0.15, 0.2) is 0 Å². The Hall–Kier alpha value is -0.870. The van der Waals surface area contributed by atoms with E-state index in [1.54, 1.807) is 0 Å². The largest absolute Gasteiger partial charge is 0.446 e. The van der Waals surface area contributed by atoms with Gasteiger partial charge in [-0.1, -0.05) is 0 Å². The summed E-state index contributed by atoms with van der Waals surface area (Å²) in [6.07, 6.45) is -1.59. The van der Waals surface area contributed by atoms with Crippen molar-refractivity contribution < 1.29 is 18.3 Å². The maximum atomic E-state index is 11.5. The van der Waals surface area contributed by atoms with E-state index in [1.165, 1.54) is 0 Å². The van der Waals surface area contributed by atoms with Gasteiger partial charge in [-0.25, -0.2) is 13.6 Å². The zero-order chi connectivity index (χ0) is 8.27. The summed E-state index contributed by atoms with van der Waals surface area (Å²) in [5.41, 5.74) is 0. The van der Waals surface area contributed by atoms with Gasteiger partial charge in [-0.15, -0.1) is 0 Å². The number of hydrogen-bond donors (Lipinski definition) is 1. The summed E-state index contributed by atoms with van der Waals surface area (Å²) >= 11 is 0. The molecule has 0 heterocycles. The maximum absolute atomic E-state index is 11.5. The van der Waals surface area contributed by atoms with E-state index in [0.717, 1.165) is 12.8 Å². The van der Waals surface area contributed by atoms with Gasteiger partial charge in [-0.3, -0.25) is 0 Å². The molecule has 3 nitrogen and oxygen atoms in total. The molecule has 0 aliphatic heterocycles. The summed E-state index contributed by atoms with van der Waals surface area (Å²) < 4.78 is 27.6. The Morgan fingerprint density at radius 3 is 2.73 bits per heavy atom. The van der Waals surface area contributed by atoms with E-state index in [9.17, 15) is 13.6 Å². The molecule has 5 heteroatoms. The number of alkyl carbamates (subject to hydrolysis) is 1. The van der Waals surface area contributed by atoms with Gasteiger partial charge in [0.2, 0.25) is 0 Å². The standard InChI is InChI=1S/C6H9F2NO2/c7-5(8)3-9-6(10)11-4-1-2-4/h4-5H,1-3H2,(H,9,10). The predicted molar refractivity (Wildman–Crippen MR) is 33.5 cm³/mol. The van der Waals surface area contributed by atoms with Crippen molar-refractivity contribution in [2.45, 2.75) is 25.4 Å². The highest BCUT2D eigenvalue weighted by Gasteiger charge is 2.25. The molecule has 1 aliphatic rings. The fourth-order valence-electron chi connectivity index (χ4n) is 0.539. The van der Waals surface area contributed by atoms with E-state index in [1.807, 2.05) is 5.32 Å². The molecule has 1 fully saturated rings. The van der Waals surface area contributed by atoms with Gasteiger partial charge >= 0.3 is 6.09 Å². The fraction of sp³-hybridized carbons (Fsp3) is 0.833. The first-order valence-corrected chi connectivity index (χ1v) is 3.41. The fourth-order valence-corrected chi connectivity index (χ4v) is 0.539. The molecule has 1 saturated carbocycles. The summed E-state index contributed by atoms with van der Waals surface area (Å²) in [4.78, 5) is 10.5. The molecule has 1 aliphatic carbocycles. The molecule has 0 aromatic heterocycles. The van der Waals surface area contributed by atoms with Crippen molar-refractivity contribution in [3.05, 3.63) is 0 Å². The van der Waals surface area contributed by atoms with Crippen molar-refractivity contribution in [1.29, 1.82) is 0 Å². The molecule has 0 spiro atoms. The van der Waals surface area contributed by atoms with Crippen LogP contribution in [-0.4, -0.2) is 25.2 Å².